The van der Waals surface area contributed by atoms with Crippen molar-refractivity contribution in [2.45, 2.75) is 72.6 Å². The minimum atomic E-state index is 0.219. The van der Waals surface area contributed by atoms with Gasteiger partial charge in [-0.1, -0.05) is 100 Å². The molecule has 1 heterocycles. The van der Waals surface area contributed by atoms with E-state index >= 15 is 0 Å². The first kappa shape index (κ1) is 26.1. The standard InChI is InChI=1S/C37H39BS/c1-25-14-8-9-19-30(25)31-21-13-22-34(28(31)4)38(36-26(2)15-12-16-27(36)3)37-33(24-29-17-6-5-7-18-29)32-20-10-11-23-35(32)39-37/h6,10-13,15-18,20-23H,5,7-9,14,19,24H2,1-4H3. The highest BCUT2D eigenvalue weighted by Gasteiger charge is 2.32. The molecule has 6 rings (SSSR count). The molecule has 0 N–H and O–H groups in total. The highest BCUT2D eigenvalue weighted by atomic mass is 32.1. The van der Waals surface area contributed by atoms with Crippen LogP contribution in [0.1, 0.15) is 73.3 Å². The van der Waals surface area contributed by atoms with Crippen molar-refractivity contribution in [3.63, 3.8) is 0 Å². The summed E-state index contributed by atoms with van der Waals surface area (Å²) in [6.07, 6.45) is 15.6. The first-order valence-electron chi connectivity index (χ1n) is 14.7. The van der Waals surface area contributed by atoms with Crippen molar-refractivity contribution in [3.05, 3.63) is 118 Å². The van der Waals surface area contributed by atoms with Crippen molar-refractivity contribution in [3.8, 4) is 0 Å². The Morgan fingerprint density at radius 3 is 2.33 bits per heavy atom. The summed E-state index contributed by atoms with van der Waals surface area (Å²) in [5, 5.41) is 1.42. The van der Waals surface area contributed by atoms with Crippen molar-refractivity contribution >= 4 is 49.4 Å². The quantitative estimate of drug-likeness (QED) is 0.221. The summed E-state index contributed by atoms with van der Waals surface area (Å²) in [6, 6.07) is 23.0. The minimum absolute atomic E-state index is 0.219. The summed E-state index contributed by atoms with van der Waals surface area (Å²) < 4.78 is 2.92. The summed E-state index contributed by atoms with van der Waals surface area (Å²) in [7, 11) is 0. The predicted octanol–water partition coefficient (Wildman–Crippen LogP) is 8.51. The van der Waals surface area contributed by atoms with Crippen molar-refractivity contribution in [1.29, 1.82) is 0 Å². The Morgan fingerprint density at radius 2 is 1.56 bits per heavy atom. The lowest BCUT2D eigenvalue weighted by atomic mass is 9.36. The van der Waals surface area contributed by atoms with E-state index in [1.807, 2.05) is 11.3 Å². The van der Waals surface area contributed by atoms with Crippen molar-refractivity contribution in [1.82, 2.24) is 0 Å². The van der Waals surface area contributed by atoms with Crippen LogP contribution < -0.4 is 15.7 Å². The van der Waals surface area contributed by atoms with Crippen molar-refractivity contribution in [2.24, 2.45) is 0 Å². The van der Waals surface area contributed by atoms with E-state index < -0.39 is 0 Å². The Bertz CT molecular complexity index is 1610. The van der Waals surface area contributed by atoms with Gasteiger partial charge in [0.1, 0.15) is 0 Å². The van der Waals surface area contributed by atoms with Gasteiger partial charge in [0.25, 0.3) is 6.71 Å². The zero-order valence-electron chi connectivity index (χ0n) is 23.9. The number of allylic oxidation sites excluding steroid dienone is 6. The summed E-state index contributed by atoms with van der Waals surface area (Å²) in [5.74, 6) is 0. The molecule has 2 heteroatoms. The molecule has 0 fully saturated rings. The Labute approximate surface area is 239 Å². The molecule has 39 heavy (non-hydrogen) atoms. The number of benzene rings is 3. The Hall–Kier alpha value is -3.10. The second kappa shape index (κ2) is 11.2. The van der Waals surface area contributed by atoms with E-state index in [1.54, 1.807) is 11.1 Å². The molecule has 0 bridgehead atoms. The maximum Gasteiger partial charge on any atom is 0.255 e. The van der Waals surface area contributed by atoms with Crippen LogP contribution >= 0.6 is 11.3 Å². The van der Waals surface area contributed by atoms with Crippen LogP contribution in [0.25, 0.3) is 15.7 Å². The van der Waals surface area contributed by atoms with E-state index in [0.29, 0.717) is 0 Å². The van der Waals surface area contributed by atoms with Crippen molar-refractivity contribution < 1.29 is 0 Å². The third-order valence-corrected chi connectivity index (χ3v) is 10.3. The van der Waals surface area contributed by atoms with Crippen LogP contribution in [0.2, 0.25) is 0 Å². The normalized spacial score (nSPS) is 15.6. The average Bonchev–Trinajstić information content (AvgIpc) is 3.30. The summed E-state index contributed by atoms with van der Waals surface area (Å²) >= 11 is 2.02. The molecule has 0 amide bonds. The number of fused-ring (bicyclic) bond motifs is 1. The van der Waals surface area contributed by atoms with Crippen LogP contribution in [0.15, 0.2) is 90.0 Å². The fourth-order valence-corrected chi connectivity index (χ4v) is 8.31. The van der Waals surface area contributed by atoms with E-state index in [1.165, 1.54) is 84.9 Å². The average molecular weight is 527 g/mol. The van der Waals surface area contributed by atoms with Gasteiger partial charge in [-0.2, -0.15) is 0 Å². The number of rotatable bonds is 6. The summed E-state index contributed by atoms with van der Waals surface area (Å²) in [6.45, 7) is 9.58. The SMILES string of the molecule is CC1=C(c2cccc(B(c3sc4ccccc4c3CC3=CCCC=C3)c3c(C)cccc3C)c2C)CCCC1. The van der Waals surface area contributed by atoms with Gasteiger partial charge in [0.15, 0.2) is 0 Å². The Balaban J connectivity index is 1.62. The van der Waals surface area contributed by atoms with E-state index in [2.05, 4.69) is 107 Å². The van der Waals surface area contributed by atoms with Crippen LogP contribution in [-0.4, -0.2) is 6.71 Å². The molecule has 2 aliphatic carbocycles. The Morgan fingerprint density at radius 1 is 0.795 bits per heavy atom. The molecule has 4 aromatic rings. The largest absolute Gasteiger partial charge is 0.255 e. The molecule has 0 saturated heterocycles. The smallest absolute Gasteiger partial charge is 0.149 e. The zero-order chi connectivity index (χ0) is 26.9. The molecule has 0 radical (unpaired) electrons. The summed E-state index contributed by atoms with van der Waals surface area (Å²) in [4.78, 5) is 0. The van der Waals surface area contributed by atoms with Gasteiger partial charge in [-0.05, 0) is 117 Å². The van der Waals surface area contributed by atoms with Gasteiger partial charge >= 0.3 is 0 Å². The molecule has 0 nitrogen and oxygen atoms in total. The molecular weight excluding hydrogens is 487 g/mol. The number of thiophene rings is 1. The zero-order valence-corrected chi connectivity index (χ0v) is 24.8. The number of aryl methyl sites for hydroxylation is 2. The first-order valence-corrected chi connectivity index (χ1v) is 15.5. The van der Waals surface area contributed by atoms with Crippen LogP contribution in [0.5, 0.6) is 0 Å². The fraction of sp³-hybridized carbons (Fsp3) is 0.297. The van der Waals surface area contributed by atoms with Gasteiger partial charge in [-0.3, -0.25) is 0 Å². The number of hydrogen-bond donors (Lipinski definition) is 0. The molecule has 0 saturated carbocycles. The van der Waals surface area contributed by atoms with Crippen LogP contribution in [0, 0.1) is 20.8 Å². The molecule has 196 valence electrons. The van der Waals surface area contributed by atoms with E-state index in [4.69, 9.17) is 0 Å². The third-order valence-electron chi connectivity index (χ3n) is 9.03. The van der Waals surface area contributed by atoms with Gasteiger partial charge in [0.2, 0.25) is 0 Å². The highest BCUT2D eigenvalue weighted by molar-refractivity contribution is 7.32. The maximum absolute atomic E-state index is 2.45. The van der Waals surface area contributed by atoms with E-state index in [9.17, 15) is 0 Å². The topological polar surface area (TPSA) is 0 Å². The molecule has 1 aromatic heterocycles. The summed E-state index contributed by atoms with van der Waals surface area (Å²) in [5.41, 5.74) is 14.8. The second-order valence-electron chi connectivity index (χ2n) is 11.6. The Kier molecular flexibility index (Phi) is 7.50. The van der Waals surface area contributed by atoms with Gasteiger partial charge in [-0.15, -0.1) is 11.3 Å². The van der Waals surface area contributed by atoms with Gasteiger partial charge in [0.05, 0.1) is 0 Å². The van der Waals surface area contributed by atoms with E-state index in [-0.39, 0.29) is 6.71 Å². The third kappa shape index (κ3) is 5.00. The van der Waals surface area contributed by atoms with Gasteiger partial charge in [-0.25, -0.2) is 0 Å². The lowest BCUT2D eigenvalue weighted by Gasteiger charge is -2.25. The van der Waals surface area contributed by atoms with Gasteiger partial charge < -0.3 is 0 Å². The second-order valence-corrected chi connectivity index (χ2v) is 12.7. The highest BCUT2D eigenvalue weighted by Crippen LogP contribution is 2.34. The number of hydrogen-bond acceptors (Lipinski definition) is 1. The van der Waals surface area contributed by atoms with E-state index in [0.717, 1.165) is 19.3 Å². The molecule has 0 unspecified atom stereocenters. The minimum Gasteiger partial charge on any atom is -0.149 e. The van der Waals surface area contributed by atoms with Crippen LogP contribution in [0.3, 0.4) is 0 Å². The fourth-order valence-electron chi connectivity index (χ4n) is 6.96. The molecule has 2 aliphatic rings. The lowest BCUT2D eigenvalue weighted by molar-refractivity contribution is 0.714. The molecule has 0 spiro atoms. The molecule has 3 aromatic carbocycles. The maximum atomic E-state index is 2.45. The molecule has 0 aliphatic heterocycles. The first-order chi connectivity index (χ1) is 19.0. The monoisotopic (exact) mass is 526 g/mol. The lowest BCUT2D eigenvalue weighted by Crippen LogP contribution is -2.55. The van der Waals surface area contributed by atoms with Crippen LogP contribution in [-0.2, 0) is 6.42 Å². The predicted molar refractivity (Wildman–Crippen MR) is 175 cm³/mol. The van der Waals surface area contributed by atoms with Crippen molar-refractivity contribution in [2.75, 3.05) is 0 Å². The molecule has 0 atom stereocenters. The molecular formula is C37H39BS. The van der Waals surface area contributed by atoms with Crippen LogP contribution in [0.4, 0.5) is 0 Å². The van der Waals surface area contributed by atoms with Gasteiger partial charge in [0, 0.05) is 4.70 Å².